The molecule has 12 nitrogen and oxygen atoms in total. The van der Waals surface area contributed by atoms with Gasteiger partial charge in [0.25, 0.3) is 0 Å². The van der Waals surface area contributed by atoms with Gasteiger partial charge in [-0.3, -0.25) is 14.4 Å². The molecule has 1 aliphatic carbocycles. The molecule has 2 bridgehead atoms. The molecule has 0 aromatic heterocycles. The Balaban J connectivity index is 1.23. The maximum absolute atomic E-state index is 12.7. The SMILES string of the molecule is CC1CCC2C(C)C(OC(=O)CCC(=O)NCCCC(=O)NC(CS)C(=O)O)OC3OC4(C)CCC1C32OO4. The average molecular weight is 573 g/mol. The van der Waals surface area contributed by atoms with Crippen LogP contribution >= 0.6 is 12.6 Å². The molecule has 0 aromatic carbocycles. The number of carboxylic acid groups (broad SMARTS) is 1. The minimum Gasteiger partial charge on any atom is -0.480 e. The monoisotopic (exact) mass is 572 g/mol. The third kappa shape index (κ3) is 6.37. The minimum absolute atomic E-state index is 0.0188. The summed E-state index contributed by atoms with van der Waals surface area (Å²) in [5, 5.41) is 14.0. The van der Waals surface area contributed by atoms with Crippen LogP contribution in [0.15, 0.2) is 0 Å². The lowest BCUT2D eigenvalue weighted by Crippen LogP contribution is -2.70. The highest BCUT2D eigenvalue weighted by Gasteiger charge is 2.69. The van der Waals surface area contributed by atoms with Crippen LogP contribution in [0.4, 0.5) is 0 Å². The molecule has 13 heteroatoms. The maximum atomic E-state index is 12.7. The second kappa shape index (κ2) is 12.3. The molecule has 5 fully saturated rings. The number of fused-ring (bicyclic) bond motifs is 2. The molecular formula is C26H40N2O10S. The lowest BCUT2D eigenvalue weighted by molar-refractivity contribution is -0.576. The van der Waals surface area contributed by atoms with Crippen LogP contribution in [0.1, 0.15) is 72.1 Å². The fourth-order valence-electron chi connectivity index (χ4n) is 6.43. The third-order valence-electron chi connectivity index (χ3n) is 8.62. The van der Waals surface area contributed by atoms with E-state index >= 15 is 0 Å². The number of carboxylic acids is 1. The van der Waals surface area contributed by atoms with Gasteiger partial charge in [0.05, 0.1) is 6.42 Å². The second-order valence-corrected chi connectivity index (χ2v) is 11.7. The quantitative estimate of drug-likeness (QED) is 0.125. The lowest BCUT2D eigenvalue weighted by Gasteiger charge is -2.59. The van der Waals surface area contributed by atoms with Crippen molar-refractivity contribution in [1.29, 1.82) is 0 Å². The summed E-state index contributed by atoms with van der Waals surface area (Å²) in [7, 11) is 0. The van der Waals surface area contributed by atoms with Crippen molar-refractivity contribution >= 4 is 36.4 Å². The zero-order chi connectivity index (χ0) is 28.4. The highest BCUT2D eigenvalue weighted by molar-refractivity contribution is 7.80. The molecule has 5 rings (SSSR count). The molecule has 2 amide bonds. The van der Waals surface area contributed by atoms with Gasteiger partial charge in [-0.1, -0.05) is 13.8 Å². The van der Waals surface area contributed by atoms with Gasteiger partial charge in [-0.25, -0.2) is 14.6 Å². The minimum atomic E-state index is -1.16. The molecule has 4 heterocycles. The van der Waals surface area contributed by atoms with Crippen LogP contribution < -0.4 is 10.6 Å². The average Bonchev–Trinajstić information content (AvgIpc) is 3.12. The lowest BCUT2D eigenvalue weighted by atomic mass is 9.58. The number of hydrogen-bond acceptors (Lipinski definition) is 10. The summed E-state index contributed by atoms with van der Waals surface area (Å²) >= 11 is 3.89. The summed E-state index contributed by atoms with van der Waals surface area (Å²) in [6, 6.07) is -1.06. The number of thiol groups is 1. The van der Waals surface area contributed by atoms with E-state index in [2.05, 4.69) is 30.2 Å². The molecule has 1 saturated carbocycles. The fourth-order valence-corrected chi connectivity index (χ4v) is 6.68. The van der Waals surface area contributed by atoms with Gasteiger partial charge >= 0.3 is 11.9 Å². The number of carbonyl (C=O) groups excluding carboxylic acids is 3. The van der Waals surface area contributed by atoms with Crippen LogP contribution in [-0.4, -0.2) is 71.2 Å². The number of aliphatic carboxylic acids is 1. The molecule has 4 saturated heterocycles. The van der Waals surface area contributed by atoms with Gasteiger partial charge in [-0.15, -0.1) is 0 Å². The predicted octanol–water partition coefficient (Wildman–Crippen LogP) is 1.91. The molecule has 220 valence electrons. The topological polar surface area (TPSA) is 159 Å². The number of rotatable bonds is 11. The summed E-state index contributed by atoms with van der Waals surface area (Å²) in [6.07, 6.45) is 2.13. The summed E-state index contributed by atoms with van der Waals surface area (Å²) in [4.78, 5) is 59.5. The molecule has 3 N–H and O–H groups in total. The molecule has 39 heavy (non-hydrogen) atoms. The van der Waals surface area contributed by atoms with Crippen LogP contribution in [0, 0.1) is 23.7 Å². The second-order valence-electron chi connectivity index (χ2n) is 11.4. The summed E-state index contributed by atoms with van der Waals surface area (Å²) in [6.45, 7) is 6.26. The molecular weight excluding hydrogens is 532 g/mol. The largest absolute Gasteiger partial charge is 0.480 e. The standard InChI is InChI=1S/C26H40N2O10S/c1-14-6-7-17-15(2)23(35-24-26(17)16(14)10-11-25(3,36-24)37-38-26)34-21(31)9-8-19(29)27-12-4-5-20(30)28-18(13-39)22(32)33/h14-18,23-24,39H,4-13H2,1-3H3,(H,27,29)(H,28,30)(H,32,33). The first-order valence-corrected chi connectivity index (χ1v) is 14.4. The van der Waals surface area contributed by atoms with E-state index in [1.807, 2.05) is 13.8 Å². The first-order chi connectivity index (χ1) is 18.5. The number of ether oxygens (including phenoxy) is 3. The Hall–Kier alpha value is -1.93. The van der Waals surface area contributed by atoms with Crippen molar-refractivity contribution in [2.45, 2.75) is 102 Å². The number of hydrogen-bond donors (Lipinski definition) is 4. The van der Waals surface area contributed by atoms with Gasteiger partial charge in [-0.05, 0) is 44.4 Å². The van der Waals surface area contributed by atoms with E-state index in [1.165, 1.54) is 0 Å². The predicted molar refractivity (Wildman–Crippen MR) is 138 cm³/mol. The molecule has 1 spiro atoms. The molecule has 4 aliphatic heterocycles. The zero-order valence-corrected chi connectivity index (χ0v) is 23.6. The summed E-state index contributed by atoms with van der Waals surface area (Å²) in [5.74, 6) is -2.93. The van der Waals surface area contributed by atoms with Crippen molar-refractivity contribution in [1.82, 2.24) is 10.6 Å². The van der Waals surface area contributed by atoms with Crippen molar-refractivity contribution in [3.63, 3.8) is 0 Å². The molecule has 5 aliphatic rings. The summed E-state index contributed by atoms with van der Waals surface area (Å²) in [5.41, 5.74) is -0.742. The van der Waals surface area contributed by atoms with E-state index in [0.717, 1.165) is 19.3 Å². The van der Waals surface area contributed by atoms with Crippen molar-refractivity contribution in [3.05, 3.63) is 0 Å². The van der Waals surface area contributed by atoms with Crippen LogP contribution in [-0.2, 0) is 43.2 Å². The van der Waals surface area contributed by atoms with Crippen LogP contribution in [0.2, 0.25) is 0 Å². The van der Waals surface area contributed by atoms with Gasteiger partial charge in [0, 0.05) is 43.4 Å². The van der Waals surface area contributed by atoms with Crippen LogP contribution in [0.5, 0.6) is 0 Å². The van der Waals surface area contributed by atoms with Gasteiger partial charge in [0.2, 0.25) is 23.9 Å². The molecule has 9 atom stereocenters. The van der Waals surface area contributed by atoms with Crippen molar-refractivity contribution in [3.8, 4) is 0 Å². The van der Waals surface area contributed by atoms with E-state index in [1.54, 1.807) is 0 Å². The number of nitrogens with one attached hydrogen (secondary N) is 2. The first kappa shape index (κ1) is 30.0. The fraction of sp³-hybridized carbons (Fsp3) is 0.846. The van der Waals surface area contributed by atoms with Gasteiger partial charge in [-0.2, -0.15) is 12.6 Å². The van der Waals surface area contributed by atoms with Crippen molar-refractivity contribution in [2.24, 2.45) is 23.7 Å². The van der Waals surface area contributed by atoms with Gasteiger partial charge in [0.15, 0.2) is 11.9 Å². The Kier molecular flexibility index (Phi) is 9.47. The third-order valence-corrected chi connectivity index (χ3v) is 8.98. The normalized spacial score (nSPS) is 37.6. The Morgan fingerprint density at radius 3 is 2.54 bits per heavy atom. The summed E-state index contributed by atoms with van der Waals surface area (Å²) < 4.78 is 18.2. The molecule has 9 unspecified atom stereocenters. The van der Waals surface area contributed by atoms with E-state index in [9.17, 15) is 19.2 Å². The van der Waals surface area contributed by atoms with Gasteiger partial charge in [0.1, 0.15) is 6.04 Å². The Morgan fingerprint density at radius 2 is 1.82 bits per heavy atom. The Bertz CT molecular complexity index is 952. The van der Waals surface area contributed by atoms with Crippen molar-refractivity contribution < 1.29 is 48.3 Å². The van der Waals surface area contributed by atoms with E-state index < -0.39 is 47.9 Å². The zero-order valence-electron chi connectivity index (χ0n) is 22.7. The van der Waals surface area contributed by atoms with E-state index in [-0.39, 0.29) is 55.2 Å². The number of amides is 2. The van der Waals surface area contributed by atoms with Crippen LogP contribution in [0.25, 0.3) is 0 Å². The van der Waals surface area contributed by atoms with Gasteiger partial charge < -0.3 is 30.0 Å². The highest BCUT2D eigenvalue weighted by atomic mass is 32.1. The molecule has 0 aromatic rings. The number of esters is 1. The van der Waals surface area contributed by atoms with Crippen molar-refractivity contribution in [2.75, 3.05) is 12.3 Å². The Labute approximate surface area is 233 Å². The Morgan fingerprint density at radius 1 is 1.05 bits per heavy atom. The first-order valence-electron chi connectivity index (χ1n) is 13.8. The van der Waals surface area contributed by atoms with E-state index in [0.29, 0.717) is 18.8 Å². The maximum Gasteiger partial charge on any atom is 0.327 e. The number of carbonyl (C=O) groups is 4. The highest BCUT2D eigenvalue weighted by Crippen LogP contribution is 2.60. The van der Waals surface area contributed by atoms with E-state index in [4.69, 9.17) is 29.1 Å². The van der Waals surface area contributed by atoms with Crippen LogP contribution in [0.3, 0.4) is 0 Å². The molecule has 0 radical (unpaired) electrons. The smallest absolute Gasteiger partial charge is 0.327 e.